The molecule has 0 aliphatic rings. The lowest BCUT2D eigenvalue weighted by Crippen LogP contribution is -2.15. The van der Waals surface area contributed by atoms with Crippen molar-refractivity contribution in [2.45, 2.75) is 97.8 Å². The molecule has 528 valence electrons. The first-order valence-electron chi connectivity index (χ1n) is 33.2. The van der Waals surface area contributed by atoms with Crippen LogP contribution in [0, 0.1) is 5.82 Å². The number of aryl methyl sites for hydroxylation is 3. The van der Waals surface area contributed by atoms with Crippen molar-refractivity contribution in [2.75, 3.05) is 21.3 Å². The van der Waals surface area contributed by atoms with Crippen molar-refractivity contribution < 1.29 is 32.3 Å². The van der Waals surface area contributed by atoms with Gasteiger partial charge in [0.15, 0.2) is 28.7 Å². The zero-order chi connectivity index (χ0) is 73.2. The van der Waals surface area contributed by atoms with Crippen molar-refractivity contribution in [1.29, 1.82) is 0 Å². The molecule has 12 heterocycles. The number of amides is 3. The molecule has 0 saturated carbocycles. The fourth-order valence-corrected chi connectivity index (χ4v) is 11.0. The Morgan fingerprint density at radius 2 is 0.933 bits per heavy atom. The van der Waals surface area contributed by atoms with Crippen molar-refractivity contribution in [3.8, 4) is 56.2 Å². The molecule has 12 aromatic heterocycles. The van der Waals surface area contributed by atoms with Crippen LogP contribution in [0.5, 0.6) is 0 Å². The number of rotatable bonds is 16. The minimum Gasteiger partial charge on any atom is -0.359 e. The van der Waals surface area contributed by atoms with Crippen molar-refractivity contribution in [3.05, 3.63) is 217 Å². The Morgan fingerprint density at radius 1 is 0.442 bits per heavy atom. The average molecular weight is 1400 g/mol. The van der Waals surface area contributed by atoms with E-state index in [1.165, 1.54) is 6.07 Å². The minimum atomic E-state index is -0.491. The van der Waals surface area contributed by atoms with E-state index in [9.17, 15) is 18.8 Å². The molecule has 15 rings (SSSR count). The third-order valence-electron chi connectivity index (χ3n) is 16.7. The van der Waals surface area contributed by atoms with E-state index in [2.05, 4.69) is 82.2 Å². The highest BCUT2D eigenvalue weighted by Crippen LogP contribution is 2.32. The second kappa shape index (κ2) is 28.5. The summed E-state index contributed by atoms with van der Waals surface area (Å²) in [6.45, 7) is 18.1. The average Bonchev–Trinajstić information content (AvgIpc) is 1.64. The molecule has 0 unspecified atom stereocenters. The van der Waals surface area contributed by atoms with E-state index in [1.807, 2.05) is 179 Å². The van der Waals surface area contributed by atoms with E-state index < -0.39 is 5.82 Å². The Kier molecular flexibility index (Phi) is 19.0. The number of benzene rings is 3. The van der Waals surface area contributed by atoms with Gasteiger partial charge in [0.1, 0.15) is 35.1 Å². The maximum absolute atomic E-state index is 14.9. The highest BCUT2D eigenvalue weighted by atomic mass is 19.1. The van der Waals surface area contributed by atoms with Crippen LogP contribution in [0.1, 0.15) is 96.3 Å². The summed E-state index contributed by atoms with van der Waals surface area (Å²) < 4.78 is 41.4. The van der Waals surface area contributed by atoms with Crippen molar-refractivity contribution in [2.24, 2.45) is 21.1 Å². The summed E-state index contributed by atoms with van der Waals surface area (Å²) >= 11 is 0. The first-order chi connectivity index (χ1) is 49.7. The second-order valence-corrected chi connectivity index (χ2v) is 28.1. The lowest BCUT2D eigenvalue weighted by Gasteiger charge is -2.12. The molecule has 3 amide bonds. The van der Waals surface area contributed by atoms with E-state index in [1.54, 1.807) is 103 Å². The Morgan fingerprint density at radius 3 is 1.46 bits per heavy atom. The van der Waals surface area contributed by atoms with Crippen molar-refractivity contribution in [1.82, 2.24) is 88.4 Å². The van der Waals surface area contributed by atoms with Gasteiger partial charge in [0.05, 0.1) is 103 Å². The summed E-state index contributed by atoms with van der Waals surface area (Å²) in [5.74, 6) is 2.06. The molecule has 0 aliphatic heterocycles. The SMILES string of the molecule is Cn1cc(-c2cc3ncc(-c4ccc(CC(=O)Nc5cc(C(C)(C)C)on5)cc4)n3cn2)cn1.Cn1cc(-c2cnn3c(-c4ccc(CC(=O)Nc5cc(C(C)(C)C)on5)c(F)c4)cnc3c2)cn1.Cn1cc(Nc2ccnn3c(-c4ccc(CC(=O)Nc5cc(C(C)(C)C)on5)cc4)cnc23)cn1. The molecular weight excluding hydrogens is 1320 g/mol. The summed E-state index contributed by atoms with van der Waals surface area (Å²) in [5, 5.41) is 44.9. The minimum absolute atomic E-state index is 0.135. The molecule has 0 spiro atoms. The number of anilines is 5. The van der Waals surface area contributed by atoms with Crippen molar-refractivity contribution >= 4 is 63.5 Å². The highest BCUT2D eigenvalue weighted by molar-refractivity contribution is 5.93. The second-order valence-electron chi connectivity index (χ2n) is 28.1. The third kappa shape index (κ3) is 16.1. The first kappa shape index (κ1) is 69.4. The molecule has 28 nitrogen and oxygen atoms in total. The number of hydrogen-bond acceptors (Lipinski definition) is 19. The summed E-state index contributed by atoms with van der Waals surface area (Å²) in [6, 6.07) is 31.3. The number of nitrogens with zero attached hydrogens (tertiary/aromatic N) is 18. The molecule has 15 aromatic rings. The lowest BCUT2D eigenvalue weighted by atomic mass is 9.93. The number of fused-ring (bicyclic) bond motifs is 3. The fourth-order valence-electron chi connectivity index (χ4n) is 11.0. The number of nitrogens with one attached hydrogen (secondary N) is 4. The molecule has 0 bridgehead atoms. The molecule has 0 saturated heterocycles. The first-order valence-corrected chi connectivity index (χ1v) is 33.2. The molecular formula is C75H75FN22O6. The Labute approximate surface area is 595 Å². The summed E-state index contributed by atoms with van der Waals surface area (Å²) in [6.07, 6.45) is 21.8. The number of imidazole rings is 3. The van der Waals surface area contributed by atoms with Crippen LogP contribution < -0.4 is 21.3 Å². The van der Waals surface area contributed by atoms with Gasteiger partial charge in [-0.3, -0.25) is 32.8 Å². The van der Waals surface area contributed by atoms with Crippen LogP contribution in [0.4, 0.5) is 33.2 Å². The molecule has 0 aliphatic carbocycles. The Bertz CT molecular complexity index is 5590. The zero-order valence-electron chi connectivity index (χ0n) is 59.2. The molecule has 0 atom stereocenters. The standard InChI is InChI=1S/C25H24FN7O2.C25H26N8O2.C25H25N7O2/c1-25(2,3)21-10-22(31-35-21)30-24(34)9-15-5-6-16(7-19(15)26)20-13-27-23-8-17(11-29-33(20)23)18-12-28-32(4)14-18;1-25(2,3)21-12-22(31-35-21)30-23(34)11-16-5-7-17(8-6-16)20-14-26-24-19(9-10-27-33(20)24)29-18-13-28-32(4)15-18;1-25(2,3)21-11-22(30-34-21)29-24(33)9-16-5-7-17(8-6-16)20-13-26-23-10-19(27-15-32(20)23)18-12-28-31(4)14-18/h5-8,10-14H,9H2,1-4H3,(H,30,31,34);5-10,12-15,29H,11H2,1-4H3,(H,30,31,34);5-8,10-15H,9H2,1-4H3,(H,29,30,33). The number of halogens is 1. The number of aromatic nitrogens is 18. The van der Waals surface area contributed by atoms with Crippen molar-refractivity contribution in [3.63, 3.8) is 0 Å². The highest BCUT2D eigenvalue weighted by Gasteiger charge is 2.25. The Balaban J connectivity index is 0.000000139. The number of carbonyl (C=O) groups is 3. The number of hydrogen-bond donors (Lipinski definition) is 4. The van der Waals surface area contributed by atoms with Crippen LogP contribution in [0.15, 0.2) is 191 Å². The van der Waals surface area contributed by atoms with E-state index >= 15 is 0 Å². The molecule has 104 heavy (non-hydrogen) atoms. The van der Waals surface area contributed by atoms with Crippen LogP contribution in [0.2, 0.25) is 0 Å². The molecule has 4 N–H and O–H groups in total. The number of carbonyl (C=O) groups excluding carboxylic acids is 3. The van der Waals surface area contributed by atoms with E-state index in [0.29, 0.717) is 45.8 Å². The van der Waals surface area contributed by atoms with Gasteiger partial charge in [0.2, 0.25) is 17.7 Å². The van der Waals surface area contributed by atoms with Gasteiger partial charge in [-0.2, -0.15) is 25.5 Å². The summed E-state index contributed by atoms with van der Waals surface area (Å²) in [5.41, 5.74) is 13.8. The summed E-state index contributed by atoms with van der Waals surface area (Å²) in [7, 11) is 5.59. The Hall–Kier alpha value is -13.1. The quantitative estimate of drug-likeness (QED) is 0.0698. The van der Waals surface area contributed by atoms with Gasteiger partial charge in [0.25, 0.3) is 0 Å². The van der Waals surface area contributed by atoms with Gasteiger partial charge in [-0.25, -0.2) is 33.4 Å². The monoisotopic (exact) mass is 1400 g/mol. The topological polar surface area (TPSA) is 321 Å². The molecule has 0 radical (unpaired) electrons. The predicted molar refractivity (Wildman–Crippen MR) is 389 cm³/mol. The predicted octanol–water partition coefficient (Wildman–Crippen LogP) is 13.0. The fraction of sp³-hybridized carbons (Fsp3) is 0.240. The van der Waals surface area contributed by atoms with Gasteiger partial charge < -0.3 is 34.8 Å². The summed E-state index contributed by atoms with van der Waals surface area (Å²) in [4.78, 5) is 55.5. The normalized spacial score (nSPS) is 11.7. The van der Waals surface area contributed by atoms with E-state index in [-0.39, 0.29) is 58.8 Å². The van der Waals surface area contributed by atoms with E-state index in [0.717, 1.165) is 84.6 Å². The molecule has 0 fully saturated rings. The van der Waals surface area contributed by atoms with Crippen LogP contribution in [-0.4, -0.2) is 106 Å². The zero-order valence-corrected chi connectivity index (χ0v) is 59.2. The molecule has 29 heteroatoms. The van der Waals surface area contributed by atoms with Crippen LogP contribution in [-0.2, 0) is 71.0 Å². The maximum atomic E-state index is 14.9. The smallest absolute Gasteiger partial charge is 0.230 e. The van der Waals surface area contributed by atoms with Gasteiger partial charge in [-0.05, 0) is 34.9 Å². The van der Waals surface area contributed by atoms with Gasteiger partial charge >= 0.3 is 0 Å². The van der Waals surface area contributed by atoms with Crippen LogP contribution in [0.25, 0.3) is 73.1 Å². The van der Waals surface area contributed by atoms with Crippen LogP contribution >= 0.6 is 0 Å². The largest absolute Gasteiger partial charge is 0.359 e. The van der Waals surface area contributed by atoms with Gasteiger partial charge in [0, 0.05) is 114 Å². The lowest BCUT2D eigenvalue weighted by molar-refractivity contribution is -0.116. The van der Waals surface area contributed by atoms with E-state index in [4.69, 9.17) is 13.6 Å². The van der Waals surface area contributed by atoms with Crippen LogP contribution in [0.3, 0.4) is 0 Å². The molecule has 3 aromatic carbocycles. The third-order valence-corrected chi connectivity index (χ3v) is 16.7. The van der Waals surface area contributed by atoms with Gasteiger partial charge in [-0.1, -0.05) is 138 Å². The maximum Gasteiger partial charge on any atom is 0.230 e. The van der Waals surface area contributed by atoms with Gasteiger partial charge in [-0.15, -0.1) is 0 Å².